The van der Waals surface area contributed by atoms with Crippen molar-refractivity contribution >= 4 is 17.2 Å². The van der Waals surface area contributed by atoms with E-state index in [1.165, 1.54) is 13.3 Å². The number of aromatic nitrogens is 2. The van der Waals surface area contributed by atoms with Crippen LogP contribution >= 0.6 is 0 Å². The molecule has 2 aliphatic carbocycles. The van der Waals surface area contributed by atoms with Crippen molar-refractivity contribution in [2.45, 2.75) is 70.5 Å². The number of carbonyl (C=O) groups is 1. The average molecular weight is 563 g/mol. The molecule has 9 nitrogen and oxygen atoms in total. The van der Waals surface area contributed by atoms with Gasteiger partial charge in [-0.25, -0.2) is 4.98 Å². The monoisotopic (exact) mass is 562 g/mol. The lowest BCUT2D eigenvalue weighted by Gasteiger charge is -2.39. The Kier molecular flexibility index (Phi) is 8.90. The Labute approximate surface area is 242 Å². The number of benzene rings is 1. The number of nitriles is 1. The highest BCUT2D eigenvalue weighted by Crippen LogP contribution is 2.48. The minimum atomic E-state index is -1.42. The lowest BCUT2D eigenvalue weighted by atomic mass is 9.71. The fourth-order valence-electron chi connectivity index (χ4n) is 6.09. The number of allylic oxidation sites excluding steroid dienone is 2. The summed E-state index contributed by atoms with van der Waals surface area (Å²) in [5.74, 6) is -0.421. The lowest BCUT2D eigenvalue weighted by Crippen LogP contribution is -2.42. The van der Waals surface area contributed by atoms with Gasteiger partial charge in [-0.3, -0.25) is 4.79 Å². The fourth-order valence-corrected chi connectivity index (χ4v) is 6.09. The molecule has 0 saturated carbocycles. The SMILES string of the molecule is CC[C@@]1(COC)C=C[C@](O)(COC)C[C@@](O)(c2ccc(NC(=O)c3ncc(C#N)[nH]3)c(C3=CCC(C)(C)CC3)c2)C1. The molecule has 0 fully saturated rings. The molecule has 4 N–H and O–H groups in total. The summed E-state index contributed by atoms with van der Waals surface area (Å²) in [6.45, 7) is 6.95. The van der Waals surface area contributed by atoms with E-state index in [1.54, 1.807) is 25.3 Å². The molecule has 220 valence electrons. The van der Waals surface area contributed by atoms with E-state index in [0.717, 1.165) is 30.4 Å². The molecule has 2 aromatic rings. The van der Waals surface area contributed by atoms with Crippen LogP contribution in [0.25, 0.3) is 5.57 Å². The van der Waals surface area contributed by atoms with E-state index in [4.69, 9.17) is 14.7 Å². The molecule has 0 bridgehead atoms. The number of carbonyl (C=O) groups excluding carboxylic acids is 1. The molecule has 1 heterocycles. The summed E-state index contributed by atoms with van der Waals surface area (Å²) in [5.41, 5.74) is 0.204. The molecule has 41 heavy (non-hydrogen) atoms. The standard InChI is InChI=1S/C32H42N4O5/c1-6-30(20-40-4)13-14-31(38,21-41-5)19-32(39,18-30)23-7-8-26(36-28(37)27-34-17-24(16-33)35-27)25(15-23)22-9-11-29(2,3)12-10-22/h7-9,13-15,17,38-39H,6,10-12,18-21H2,1-5H3,(H,34,35)(H,36,37)/t30-,31-,32-/m1/s1. The molecule has 1 aromatic heterocycles. The van der Waals surface area contributed by atoms with Crippen LogP contribution in [0.2, 0.25) is 0 Å². The van der Waals surface area contributed by atoms with Crippen LogP contribution in [0.15, 0.2) is 42.6 Å². The minimum absolute atomic E-state index is 0.0354. The highest BCUT2D eigenvalue weighted by Gasteiger charge is 2.47. The Morgan fingerprint density at radius 2 is 1.93 bits per heavy atom. The maximum absolute atomic E-state index is 13.1. The van der Waals surface area contributed by atoms with Crippen LogP contribution in [0.1, 0.15) is 86.7 Å². The number of imidazole rings is 1. The van der Waals surface area contributed by atoms with Crippen LogP contribution in [0, 0.1) is 22.2 Å². The molecule has 0 saturated heterocycles. The van der Waals surface area contributed by atoms with Crippen molar-refractivity contribution in [3.8, 4) is 6.07 Å². The Balaban J connectivity index is 1.80. The third-order valence-corrected chi connectivity index (χ3v) is 8.55. The number of anilines is 1. The summed E-state index contributed by atoms with van der Waals surface area (Å²) in [6.07, 6.45) is 11.0. The van der Waals surface area contributed by atoms with Gasteiger partial charge in [-0.15, -0.1) is 0 Å². The molecule has 4 rings (SSSR count). The van der Waals surface area contributed by atoms with Gasteiger partial charge in [-0.05, 0) is 60.8 Å². The fraction of sp³-hybridized carbons (Fsp3) is 0.531. The molecule has 3 atom stereocenters. The van der Waals surface area contributed by atoms with Crippen LogP contribution < -0.4 is 5.32 Å². The number of ether oxygens (including phenoxy) is 2. The normalized spacial score (nSPS) is 27.5. The molecule has 1 aromatic carbocycles. The topological polar surface area (TPSA) is 140 Å². The van der Waals surface area contributed by atoms with Crippen molar-refractivity contribution in [1.82, 2.24) is 9.97 Å². The Hall–Kier alpha value is -3.29. The van der Waals surface area contributed by atoms with E-state index in [2.05, 4.69) is 42.1 Å². The van der Waals surface area contributed by atoms with Crippen molar-refractivity contribution < 1.29 is 24.5 Å². The summed E-state index contributed by atoms with van der Waals surface area (Å²) >= 11 is 0. The number of methoxy groups -OCH3 is 2. The number of amides is 1. The number of H-pyrrole nitrogens is 1. The first-order valence-electron chi connectivity index (χ1n) is 14.1. The van der Waals surface area contributed by atoms with Crippen molar-refractivity contribution in [2.24, 2.45) is 10.8 Å². The van der Waals surface area contributed by atoms with E-state index >= 15 is 0 Å². The summed E-state index contributed by atoms with van der Waals surface area (Å²) in [4.78, 5) is 19.8. The molecule has 0 spiro atoms. The Morgan fingerprint density at radius 3 is 2.54 bits per heavy atom. The van der Waals surface area contributed by atoms with Gasteiger partial charge in [-0.2, -0.15) is 5.26 Å². The van der Waals surface area contributed by atoms with E-state index in [0.29, 0.717) is 30.7 Å². The number of aromatic amines is 1. The van der Waals surface area contributed by atoms with Gasteiger partial charge in [-0.1, -0.05) is 45.1 Å². The first-order chi connectivity index (χ1) is 19.4. The minimum Gasteiger partial charge on any atom is -0.385 e. The number of rotatable bonds is 9. The quantitative estimate of drug-likeness (QED) is 0.312. The van der Waals surface area contributed by atoms with Crippen LogP contribution in [-0.2, 0) is 15.1 Å². The van der Waals surface area contributed by atoms with E-state index in [1.807, 2.05) is 18.2 Å². The second kappa shape index (κ2) is 11.9. The van der Waals surface area contributed by atoms with Crippen LogP contribution in [0.3, 0.4) is 0 Å². The van der Waals surface area contributed by atoms with Crippen LogP contribution in [-0.4, -0.2) is 59.1 Å². The second-order valence-electron chi connectivity index (χ2n) is 12.5. The van der Waals surface area contributed by atoms with Gasteiger partial charge in [0.1, 0.15) is 17.4 Å². The van der Waals surface area contributed by atoms with Gasteiger partial charge in [0.15, 0.2) is 5.82 Å². The summed E-state index contributed by atoms with van der Waals surface area (Å²) in [5, 5.41) is 36.0. The molecule has 9 heteroatoms. The summed E-state index contributed by atoms with van der Waals surface area (Å²) in [6, 6.07) is 7.49. The number of nitrogens with zero attached hydrogens (tertiary/aromatic N) is 2. The zero-order valence-electron chi connectivity index (χ0n) is 24.7. The molecule has 2 aliphatic rings. The van der Waals surface area contributed by atoms with E-state index < -0.39 is 22.5 Å². The Morgan fingerprint density at radius 1 is 1.17 bits per heavy atom. The zero-order chi connectivity index (χ0) is 29.9. The smallest absolute Gasteiger partial charge is 0.291 e. The molecule has 0 radical (unpaired) electrons. The number of hydrogen-bond donors (Lipinski definition) is 4. The highest BCUT2D eigenvalue weighted by atomic mass is 16.5. The maximum Gasteiger partial charge on any atom is 0.291 e. The van der Waals surface area contributed by atoms with Gasteiger partial charge in [0.25, 0.3) is 5.91 Å². The predicted molar refractivity (Wildman–Crippen MR) is 157 cm³/mol. The van der Waals surface area contributed by atoms with E-state index in [9.17, 15) is 15.0 Å². The van der Waals surface area contributed by atoms with Crippen LogP contribution in [0.5, 0.6) is 0 Å². The Bertz CT molecular complexity index is 1370. The maximum atomic E-state index is 13.1. The van der Waals surface area contributed by atoms with E-state index in [-0.39, 0.29) is 30.0 Å². The molecule has 0 aliphatic heterocycles. The second-order valence-corrected chi connectivity index (χ2v) is 12.5. The number of aliphatic hydroxyl groups is 2. The number of hydrogen-bond acceptors (Lipinski definition) is 7. The van der Waals surface area contributed by atoms with Gasteiger partial charge in [0, 0.05) is 37.3 Å². The third kappa shape index (κ3) is 6.79. The molecule has 0 unspecified atom stereocenters. The van der Waals surface area contributed by atoms with Crippen molar-refractivity contribution in [1.29, 1.82) is 5.26 Å². The van der Waals surface area contributed by atoms with Gasteiger partial charge >= 0.3 is 0 Å². The lowest BCUT2D eigenvalue weighted by molar-refractivity contribution is -0.0883. The van der Waals surface area contributed by atoms with Crippen molar-refractivity contribution in [3.63, 3.8) is 0 Å². The average Bonchev–Trinajstić information content (AvgIpc) is 3.38. The predicted octanol–water partition coefficient (Wildman–Crippen LogP) is 5.09. The van der Waals surface area contributed by atoms with Crippen molar-refractivity contribution in [2.75, 3.05) is 32.8 Å². The number of nitrogens with one attached hydrogen (secondary N) is 2. The van der Waals surface area contributed by atoms with Gasteiger partial charge in [0.05, 0.1) is 25.0 Å². The van der Waals surface area contributed by atoms with Crippen molar-refractivity contribution in [3.05, 3.63) is 65.3 Å². The zero-order valence-corrected chi connectivity index (χ0v) is 24.7. The summed E-state index contributed by atoms with van der Waals surface area (Å²) < 4.78 is 10.9. The largest absolute Gasteiger partial charge is 0.385 e. The molecular formula is C32H42N4O5. The molecule has 1 amide bonds. The van der Waals surface area contributed by atoms with Gasteiger partial charge in [0.2, 0.25) is 0 Å². The van der Waals surface area contributed by atoms with Crippen LogP contribution in [0.4, 0.5) is 5.69 Å². The molecular weight excluding hydrogens is 520 g/mol. The third-order valence-electron chi connectivity index (χ3n) is 8.55. The first kappa shape index (κ1) is 30.7. The highest BCUT2D eigenvalue weighted by molar-refractivity contribution is 6.03. The summed E-state index contributed by atoms with van der Waals surface area (Å²) in [7, 11) is 3.17. The first-order valence-corrected chi connectivity index (χ1v) is 14.1. The van der Waals surface area contributed by atoms with Gasteiger partial charge < -0.3 is 30.0 Å².